The molecule has 0 saturated carbocycles. The van der Waals surface area contributed by atoms with Crippen LogP contribution in [0.15, 0.2) is 158 Å². The number of benzene rings is 6. The monoisotopic (exact) mass is 798 g/mol. The molecule has 0 bridgehead atoms. The Labute approximate surface area is 346 Å². The van der Waals surface area contributed by atoms with E-state index in [9.17, 15) is 14.4 Å². The average Bonchev–Trinajstić information content (AvgIpc) is 3.25. The molecule has 1 heterocycles. The van der Waals surface area contributed by atoms with E-state index in [4.69, 9.17) is 13.9 Å². The molecule has 1 aliphatic heterocycles. The number of hydrogen-bond acceptors (Lipinski definition) is 6. The summed E-state index contributed by atoms with van der Waals surface area (Å²) in [6, 6.07) is 50.1. The molecule has 1 N–H and O–H groups in total. The van der Waals surface area contributed by atoms with Crippen LogP contribution in [-0.4, -0.2) is 39.3 Å². The normalized spacial score (nSPS) is 12.1. The van der Waals surface area contributed by atoms with E-state index in [1.165, 1.54) is 10.4 Å². The highest BCUT2D eigenvalue weighted by Gasteiger charge is 2.50. The summed E-state index contributed by atoms with van der Waals surface area (Å²) in [5, 5.41) is 5.04. The molecule has 296 valence electrons. The Kier molecular flexibility index (Phi) is 12.5. The van der Waals surface area contributed by atoms with Crippen molar-refractivity contribution in [3.8, 4) is 23.3 Å². The Balaban J connectivity index is 0.890. The van der Waals surface area contributed by atoms with Gasteiger partial charge in [0.2, 0.25) is 5.91 Å². The minimum atomic E-state index is -2.71. The van der Waals surface area contributed by atoms with E-state index in [0.29, 0.717) is 30.2 Å². The van der Waals surface area contributed by atoms with Gasteiger partial charge in [0.15, 0.2) is 6.61 Å². The second-order valence-corrected chi connectivity index (χ2v) is 19.6. The number of rotatable bonds is 13. The summed E-state index contributed by atoms with van der Waals surface area (Å²) in [5.74, 6) is 6.22. The van der Waals surface area contributed by atoms with Crippen LogP contribution < -0.4 is 30.1 Å². The minimum Gasteiger partial charge on any atom is -0.484 e. The Bertz CT molecular complexity index is 2430. The highest BCUT2D eigenvalue weighted by Crippen LogP contribution is 2.37. The van der Waals surface area contributed by atoms with Crippen molar-refractivity contribution in [2.75, 3.05) is 18.1 Å². The zero-order valence-corrected chi connectivity index (χ0v) is 34.4. The Hall–Kier alpha value is -6.73. The molecule has 6 aromatic carbocycles. The zero-order valence-electron chi connectivity index (χ0n) is 33.4. The van der Waals surface area contributed by atoms with Crippen LogP contribution in [0.5, 0.6) is 11.5 Å². The van der Waals surface area contributed by atoms with Gasteiger partial charge in [0.05, 0.1) is 24.4 Å². The summed E-state index contributed by atoms with van der Waals surface area (Å²) >= 11 is 0. The van der Waals surface area contributed by atoms with Crippen molar-refractivity contribution in [3.05, 3.63) is 186 Å². The molecular weight excluding hydrogens is 753 g/mol. The van der Waals surface area contributed by atoms with Crippen LogP contribution >= 0.6 is 0 Å². The number of ether oxygens (including phenoxy) is 2. The maximum atomic E-state index is 13.4. The molecule has 0 aromatic heterocycles. The maximum Gasteiger partial charge on any atom is 0.343 e. The van der Waals surface area contributed by atoms with E-state index < -0.39 is 14.3 Å². The van der Waals surface area contributed by atoms with E-state index in [-0.39, 0.29) is 36.4 Å². The van der Waals surface area contributed by atoms with E-state index in [0.717, 1.165) is 27.9 Å². The van der Waals surface area contributed by atoms with Crippen LogP contribution in [0, 0.1) is 11.8 Å². The standard InChI is InChI=1S/C50H46N2O6Si/c1-50(2,3)59(44-17-6-4-7-18-44,45-19-8-5-9-20-45)57-35-37-22-28-43(29-23-37)58-49(55)40-26-30-42(31-27-40)56-36-47(53)51-33-32-48(54)52-34-41-16-11-10-14-38(41)24-25-39-15-12-13-21-46(39)52/h4-23,26-31H,32-36H2,1-3H3,(H,51,53). The predicted octanol–water partition coefficient (Wildman–Crippen LogP) is 7.81. The van der Waals surface area contributed by atoms with Crippen molar-refractivity contribution in [2.45, 2.75) is 45.4 Å². The second kappa shape index (κ2) is 18.2. The van der Waals surface area contributed by atoms with Crippen LogP contribution in [0.2, 0.25) is 5.04 Å². The molecule has 0 spiro atoms. The number of amides is 2. The van der Waals surface area contributed by atoms with E-state index in [1.54, 1.807) is 41.3 Å². The van der Waals surface area contributed by atoms with Crippen LogP contribution in [0.3, 0.4) is 0 Å². The molecule has 0 saturated heterocycles. The molecule has 8 nitrogen and oxygen atoms in total. The van der Waals surface area contributed by atoms with Crippen molar-refractivity contribution < 1.29 is 28.3 Å². The maximum absolute atomic E-state index is 13.4. The number of hydrogen-bond donors (Lipinski definition) is 1. The Morgan fingerprint density at radius 3 is 1.92 bits per heavy atom. The van der Waals surface area contributed by atoms with Gasteiger partial charge in [-0.1, -0.05) is 136 Å². The van der Waals surface area contributed by atoms with Crippen LogP contribution in [-0.2, 0) is 27.2 Å². The first kappa shape index (κ1) is 40.5. The summed E-state index contributed by atoms with van der Waals surface area (Å²) in [6.45, 7) is 7.42. The molecule has 1 aliphatic rings. The van der Waals surface area contributed by atoms with E-state index >= 15 is 0 Å². The quantitative estimate of drug-likeness (QED) is 0.0555. The van der Waals surface area contributed by atoms with Gasteiger partial charge in [-0.3, -0.25) is 9.59 Å². The lowest BCUT2D eigenvalue weighted by Gasteiger charge is -2.43. The predicted molar refractivity (Wildman–Crippen MR) is 233 cm³/mol. The van der Waals surface area contributed by atoms with E-state index in [1.807, 2.05) is 72.8 Å². The third kappa shape index (κ3) is 9.53. The van der Waals surface area contributed by atoms with Gasteiger partial charge in [0.1, 0.15) is 11.5 Å². The van der Waals surface area contributed by atoms with Crippen molar-refractivity contribution in [3.63, 3.8) is 0 Å². The topological polar surface area (TPSA) is 94.2 Å². The summed E-state index contributed by atoms with van der Waals surface area (Å²) < 4.78 is 18.4. The lowest BCUT2D eigenvalue weighted by Crippen LogP contribution is -2.66. The number of para-hydroxylation sites is 1. The number of anilines is 1. The van der Waals surface area contributed by atoms with Gasteiger partial charge in [0.25, 0.3) is 14.2 Å². The van der Waals surface area contributed by atoms with Gasteiger partial charge in [-0.25, -0.2) is 4.79 Å². The second-order valence-electron chi connectivity index (χ2n) is 15.3. The molecule has 0 unspecified atom stereocenters. The minimum absolute atomic E-state index is 0.102. The van der Waals surface area contributed by atoms with E-state index in [2.05, 4.69) is 86.5 Å². The van der Waals surface area contributed by atoms with Crippen LogP contribution in [0.4, 0.5) is 5.69 Å². The molecular formula is C50H46N2O6Si. The lowest BCUT2D eigenvalue weighted by atomic mass is 10.0. The van der Waals surface area contributed by atoms with Crippen molar-refractivity contribution in [2.24, 2.45) is 0 Å². The van der Waals surface area contributed by atoms with Crippen LogP contribution in [0.25, 0.3) is 0 Å². The third-order valence-electron chi connectivity index (χ3n) is 10.3. The molecule has 0 atom stereocenters. The van der Waals surface area contributed by atoms with Gasteiger partial charge < -0.3 is 24.1 Å². The molecule has 0 aliphatic carbocycles. The molecule has 6 aromatic rings. The molecule has 59 heavy (non-hydrogen) atoms. The van der Waals surface area contributed by atoms with Gasteiger partial charge in [0, 0.05) is 24.1 Å². The number of esters is 1. The summed E-state index contributed by atoms with van der Waals surface area (Å²) in [4.78, 5) is 40.8. The van der Waals surface area contributed by atoms with Crippen LogP contribution in [0.1, 0.15) is 59.8 Å². The molecule has 0 fully saturated rings. The Morgan fingerprint density at radius 1 is 0.678 bits per heavy atom. The largest absolute Gasteiger partial charge is 0.484 e. The van der Waals surface area contributed by atoms with Crippen molar-refractivity contribution >= 4 is 42.2 Å². The molecule has 0 radical (unpaired) electrons. The zero-order chi connectivity index (χ0) is 41.2. The van der Waals surface area contributed by atoms with Gasteiger partial charge in [-0.2, -0.15) is 0 Å². The first-order valence-corrected chi connectivity index (χ1v) is 21.6. The summed E-state index contributed by atoms with van der Waals surface area (Å²) in [7, 11) is -2.71. The van der Waals surface area contributed by atoms with Gasteiger partial charge >= 0.3 is 5.97 Å². The number of fused-ring (bicyclic) bond motifs is 2. The SMILES string of the molecule is CC(C)(C)[Si](OCc1ccc(OC(=O)c2ccc(OCC(=O)NCCC(=O)N3Cc4ccccc4C#Cc4ccccc43)cc2)cc1)(c1ccccc1)c1ccccc1. The average molecular weight is 799 g/mol. The number of carbonyl (C=O) groups is 3. The summed E-state index contributed by atoms with van der Waals surface area (Å²) in [6.07, 6.45) is 0.102. The smallest absolute Gasteiger partial charge is 0.343 e. The summed E-state index contributed by atoms with van der Waals surface area (Å²) in [5.41, 5.74) is 4.66. The van der Waals surface area contributed by atoms with Gasteiger partial charge in [-0.15, -0.1) is 0 Å². The number of nitrogens with one attached hydrogen (secondary N) is 1. The molecule has 2 amide bonds. The highest BCUT2D eigenvalue weighted by molar-refractivity contribution is 6.99. The molecule has 9 heteroatoms. The van der Waals surface area contributed by atoms with Crippen molar-refractivity contribution in [1.82, 2.24) is 5.32 Å². The number of nitrogens with zero attached hydrogens (tertiary/aromatic N) is 1. The first-order chi connectivity index (χ1) is 28.6. The highest BCUT2D eigenvalue weighted by atomic mass is 28.4. The first-order valence-electron chi connectivity index (χ1n) is 19.7. The number of carbonyl (C=O) groups excluding carboxylic acids is 3. The Morgan fingerprint density at radius 2 is 1.25 bits per heavy atom. The van der Waals surface area contributed by atoms with Crippen molar-refractivity contribution in [1.29, 1.82) is 0 Å². The fraction of sp³-hybridized carbons (Fsp3) is 0.180. The third-order valence-corrected chi connectivity index (χ3v) is 15.3. The lowest BCUT2D eigenvalue weighted by molar-refractivity contribution is -0.123. The fourth-order valence-corrected chi connectivity index (χ4v) is 11.9. The van der Waals surface area contributed by atoms with Gasteiger partial charge in [-0.05, 0) is 81.1 Å². The fourth-order valence-electron chi connectivity index (χ4n) is 7.31. The molecule has 7 rings (SSSR count).